The fourth-order valence-electron chi connectivity index (χ4n) is 1.78. The van der Waals surface area contributed by atoms with Gasteiger partial charge in [0.05, 0.1) is 12.7 Å². The summed E-state index contributed by atoms with van der Waals surface area (Å²) >= 11 is 0. The summed E-state index contributed by atoms with van der Waals surface area (Å²) in [7, 11) is 3.50. The highest BCUT2D eigenvalue weighted by molar-refractivity contribution is 5.68. The van der Waals surface area contributed by atoms with Gasteiger partial charge in [-0.2, -0.15) is 5.10 Å². The van der Waals surface area contributed by atoms with Gasteiger partial charge in [-0.1, -0.05) is 13.8 Å². The second kappa shape index (κ2) is 4.68. The second-order valence-electron chi connectivity index (χ2n) is 4.53. The molecule has 5 heteroatoms. The Morgan fingerprint density at radius 2 is 2.06 bits per heavy atom. The van der Waals surface area contributed by atoms with E-state index in [0.29, 0.717) is 17.4 Å². The van der Waals surface area contributed by atoms with E-state index in [1.165, 1.54) is 0 Å². The number of benzene rings is 1. The van der Waals surface area contributed by atoms with E-state index in [9.17, 15) is 0 Å². The zero-order valence-corrected chi connectivity index (χ0v) is 11.1. The van der Waals surface area contributed by atoms with Gasteiger partial charge < -0.3 is 10.5 Å². The molecule has 0 radical (unpaired) electrons. The first-order valence-electron chi connectivity index (χ1n) is 5.87. The van der Waals surface area contributed by atoms with E-state index in [2.05, 4.69) is 23.9 Å². The minimum Gasteiger partial charge on any atom is -0.496 e. The first-order chi connectivity index (χ1) is 8.52. The zero-order valence-electron chi connectivity index (χ0n) is 11.1. The number of nitrogen functional groups attached to an aromatic ring is 1. The Morgan fingerprint density at radius 1 is 1.33 bits per heavy atom. The maximum absolute atomic E-state index is 5.75. The molecule has 1 aromatic heterocycles. The number of aromatic nitrogens is 3. The van der Waals surface area contributed by atoms with E-state index in [4.69, 9.17) is 10.5 Å². The third-order valence-corrected chi connectivity index (χ3v) is 2.76. The molecule has 0 aliphatic heterocycles. The van der Waals surface area contributed by atoms with Crippen LogP contribution >= 0.6 is 0 Å². The second-order valence-corrected chi connectivity index (χ2v) is 4.53. The predicted molar refractivity (Wildman–Crippen MR) is 71.5 cm³/mol. The molecule has 0 bridgehead atoms. The molecule has 1 heterocycles. The minimum absolute atomic E-state index is 0.296. The van der Waals surface area contributed by atoms with Crippen LogP contribution in [-0.2, 0) is 7.05 Å². The lowest BCUT2D eigenvalue weighted by molar-refractivity contribution is 0.416. The summed E-state index contributed by atoms with van der Waals surface area (Å²) in [5, 5.41) is 4.40. The van der Waals surface area contributed by atoms with Crippen molar-refractivity contribution in [1.29, 1.82) is 0 Å². The van der Waals surface area contributed by atoms with E-state index in [-0.39, 0.29) is 0 Å². The zero-order chi connectivity index (χ0) is 13.3. The molecule has 0 amide bonds. The Morgan fingerprint density at radius 3 is 2.61 bits per heavy atom. The lowest BCUT2D eigenvalue weighted by Gasteiger charge is -2.08. The standard InChI is InChI=1S/C13H18N4O/c1-8(2)12-15-13(17(3)16-12)10-6-5-9(14)7-11(10)18-4/h5-8H,14H2,1-4H3. The highest BCUT2D eigenvalue weighted by Crippen LogP contribution is 2.30. The highest BCUT2D eigenvalue weighted by atomic mass is 16.5. The molecule has 2 rings (SSSR count). The van der Waals surface area contributed by atoms with Gasteiger partial charge in [0.2, 0.25) is 0 Å². The number of hydrogen-bond donors (Lipinski definition) is 1. The molecule has 2 aromatic rings. The SMILES string of the molecule is COc1cc(N)ccc1-c1nc(C(C)C)nn1C. The molecular weight excluding hydrogens is 228 g/mol. The van der Waals surface area contributed by atoms with Crippen LogP contribution in [0.25, 0.3) is 11.4 Å². The van der Waals surface area contributed by atoms with E-state index in [1.807, 2.05) is 19.2 Å². The van der Waals surface area contributed by atoms with Crippen molar-refractivity contribution in [3.05, 3.63) is 24.0 Å². The van der Waals surface area contributed by atoms with Crippen LogP contribution in [0.1, 0.15) is 25.6 Å². The first-order valence-corrected chi connectivity index (χ1v) is 5.87. The largest absolute Gasteiger partial charge is 0.496 e. The van der Waals surface area contributed by atoms with E-state index in [0.717, 1.165) is 17.2 Å². The van der Waals surface area contributed by atoms with Crippen molar-refractivity contribution >= 4 is 5.69 Å². The van der Waals surface area contributed by atoms with Crippen LogP contribution in [-0.4, -0.2) is 21.9 Å². The van der Waals surface area contributed by atoms with Crippen LogP contribution in [0.15, 0.2) is 18.2 Å². The Bertz CT molecular complexity index is 560. The Hall–Kier alpha value is -2.04. The molecule has 0 atom stereocenters. The summed E-state index contributed by atoms with van der Waals surface area (Å²) in [6.07, 6.45) is 0. The first kappa shape index (κ1) is 12.4. The number of rotatable bonds is 3. The number of nitrogens with two attached hydrogens (primary N) is 1. The van der Waals surface area contributed by atoms with Gasteiger partial charge >= 0.3 is 0 Å². The molecule has 96 valence electrons. The monoisotopic (exact) mass is 246 g/mol. The fourth-order valence-corrected chi connectivity index (χ4v) is 1.78. The maximum atomic E-state index is 5.75. The van der Waals surface area contributed by atoms with Crippen molar-refractivity contribution in [1.82, 2.24) is 14.8 Å². The third kappa shape index (κ3) is 2.16. The molecule has 2 N–H and O–H groups in total. The molecule has 0 saturated heterocycles. The number of anilines is 1. The summed E-state index contributed by atoms with van der Waals surface area (Å²) < 4.78 is 7.11. The summed E-state index contributed by atoms with van der Waals surface area (Å²) in [6.45, 7) is 4.14. The quantitative estimate of drug-likeness (QED) is 0.843. The Labute approximate surface area is 107 Å². The highest BCUT2D eigenvalue weighted by Gasteiger charge is 2.15. The number of methoxy groups -OCH3 is 1. The van der Waals surface area contributed by atoms with Crippen molar-refractivity contribution in [2.45, 2.75) is 19.8 Å². The Kier molecular flexibility index (Phi) is 3.23. The summed E-state index contributed by atoms with van der Waals surface area (Å²) in [6, 6.07) is 5.53. The molecule has 0 fully saturated rings. The Balaban J connectivity index is 2.54. The van der Waals surface area contributed by atoms with Crippen molar-refractivity contribution in [3.63, 3.8) is 0 Å². The lowest BCUT2D eigenvalue weighted by Crippen LogP contribution is -1.98. The smallest absolute Gasteiger partial charge is 0.161 e. The van der Waals surface area contributed by atoms with E-state index in [1.54, 1.807) is 17.9 Å². The molecule has 18 heavy (non-hydrogen) atoms. The number of aryl methyl sites for hydroxylation is 1. The van der Waals surface area contributed by atoms with Crippen molar-refractivity contribution in [3.8, 4) is 17.1 Å². The van der Waals surface area contributed by atoms with Crippen LogP contribution in [0.3, 0.4) is 0 Å². The van der Waals surface area contributed by atoms with Gasteiger partial charge in [-0.15, -0.1) is 0 Å². The normalized spacial score (nSPS) is 10.9. The van der Waals surface area contributed by atoms with Crippen molar-refractivity contribution in [2.24, 2.45) is 7.05 Å². The summed E-state index contributed by atoms with van der Waals surface area (Å²) in [4.78, 5) is 4.55. The van der Waals surface area contributed by atoms with Gasteiger partial charge in [0.15, 0.2) is 11.6 Å². The van der Waals surface area contributed by atoms with E-state index < -0.39 is 0 Å². The lowest BCUT2D eigenvalue weighted by atomic mass is 10.1. The van der Waals surface area contributed by atoms with Crippen LogP contribution in [0.2, 0.25) is 0 Å². The van der Waals surface area contributed by atoms with Crippen LogP contribution in [0.4, 0.5) is 5.69 Å². The molecule has 0 aliphatic rings. The molecular formula is C13H18N4O. The average molecular weight is 246 g/mol. The van der Waals surface area contributed by atoms with Gasteiger partial charge in [-0.3, -0.25) is 0 Å². The van der Waals surface area contributed by atoms with Crippen LogP contribution in [0, 0.1) is 0 Å². The molecule has 0 spiro atoms. The third-order valence-electron chi connectivity index (χ3n) is 2.76. The van der Waals surface area contributed by atoms with E-state index >= 15 is 0 Å². The number of hydrogen-bond acceptors (Lipinski definition) is 4. The molecule has 0 aliphatic carbocycles. The van der Waals surface area contributed by atoms with Gasteiger partial charge in [0.1, 0.15) is 5.75 Å². The topological polar surface area (TPSA) is 66.0 Å². The maximum Gasteiger partial charge on any atom is 0.161 e. The molecule has 0 unspecified atom stereocenters. The van der Waals surface area contributed by atoms with Gasteiger partial charge in [0.25, 0.3) is 0 Å². The van der Waals surface area contributed by atoms with Gasteiger partial charge in [0, 0.05) is 24.7 Å². The molecule has 1 aromatic carbocycles. The minimum atomic E-state index is 0.296. The molecule has 0 saturated carbocycles. The van der Waals surface area contributed by atoms with Crippen molar-refractivity contribution in [2.75, 3.05) is 12.8 Å². The van der Waals surface area contributed by atoms with Gasteiger partial charge in [-0.25, -0.2) is 9.67 Å². The fraction of sp³-hybridized carbons (Fsp3) is 0.385. The van der Waals surface area contributed by atoms with Gasteiger partial charge in [-0.05, 0) is 12.1 Å². The predicted octanol–water partition coefficient (Wildman–Crippen LogP) is 2.20. The number of nitrogens with zero attached hydrogens (tertiary/aromatic N) is 3. The average Bonchev–Trinajstić information content (AvgIpc) is 2.71. The van der Waals surface area contributed by atoms with Crippen LogP contribution in [0.5, 0.6) is 5.75 Å². The summed E-state index contributed by atoms with van der Waals surface area (Å²) in [5.41, 5.74) is 7.32. The molecule has 5 nitrogen and oxygen atoms in total. The van der Waals surface area contributed by atoms with Crippen molar-refractivity contribution < 1.29 is 4.74 Å². The number of ether oxygens (including phenoxy) is 1. The van der Waals surface area contributed by atoms with Crippen LogP contribution < -0.4 is 10.5 Å². The summed E-state index contributed by atoms with van der Waals surface area (Å²) in [5.74, 6) is 2.62.